The smallest absolute Gasteiger partial charge is 0.341 e. The average Bonchev–Trinajstić information content (AvgIpc) is 2.85. The normalized spacial score (nSPS) is 22.6. The van der Waals surface area contributed by atoms with Gasteiger partial charge in [-0.2, -0.15) is 0 Å². The minimum atomic E-state index is -1.40. The number of nitrogens with one attached hydrogen (secondary N) is 1. The highest BCUT2D eigenvalue weighted by Gasteiger charge is 2.52. The van der Waals surface area contributed by atoms with Crippen molar-refractivity contribution in [2.75, 3.05) is 13.7 Å². The van der Waals surface area contributed by atoms with E-state index in [0.717, 1.165) is 19.2 Å². The predicted molar refractivity (Wildman–Crippen MR) is 130 cm³/mol. The number of rotatable bonds is 8. The van der Waals surface area contributed by atoms with Crippen molar-refractivity contribution >= 4 is 40.6 Å². The van der Waals surface area contributed by atoms with E-state index >= 15 is 0 Å². The second-order valence-electron chi connectivity index (χ2n) is 8.49. The Labute approximate surface area is 218 Å². The second-order valence-corrected chi connectivity index (χ2v) is 8.49. The van der Waals surface area contributed by atoms with E-state index in [1.807, 2.05) is 0 Å². The van der Waals surface area contributed by atoms with Crippen LogP contribution in [-0.2, 0) is 42.9 Å². The van der Waals surface area contributed by atoms with Gasteiger partial charge in [0, 0.05) is 33.1 Å². The van der Waals surface area contributed by atoms with Crippen LogP contribution in [0.2, 0.25) is 0 Å². The first-order valence-electron chi connectivity index (χ1n) is 11.7. The van der Waals surface area contributed by atoms with Crippen LogP contribution in [0.3, 0.4) is 0 Å². The first-order chi connectivity index (χ1) is 18.0. The van der Waals surface area contributed by atoms with Crippen molar-refractivity contribution in [3.05, 3.63) is 42.0 Å². The molecule has 1 amide bonds. The molecule has 0 bridgehead atoms. The molecule has 1 saturated heterocycles. The molecule has 1 fully saturated rings. The summed E-state index contributed by atoms with van der Waals surface area (Å²) in [7, 11) is 1.22. The third kappa shape index (κ3) is 6.76. The summed E-state index contributed by atoms with van der Waals surface area (Å²) < 4.78 is 33.2. The predicted octanol–water partition coefficient (Wildman–Crippen LogP) is 1.66. The van der Waals surface area contributed by atoms with E-state index in [9.17, 15) is 24.0 Å². The number of hydrogen-bond donors (Lipinski definition) is 1. The molecule has 0 unspecified atom stereocenters. The SMILES string of the molecule is COC(=O)c1ccc2ccccc2c1O[C@@H]1O[C@H](COC(C)=O)[C@@H](OC(C)=O)[C@@H](OC(C)=O)[C@H]1NC(C)=O. The number of esters is 4. The fourth-order valence-electron chi connectivity index (χ4n) is 4.15. The molecule has 0 radical (unpaired) electrons. The average molecular weight is 532 g/mol. The molecule has 204 valence electrons. The number of carbonyl (C=O) groups excluding carboxylic acids is 5. The van der Waals surface area contributed by atoms with Gasteiger partial charge in [0.25, 0.3) is 0 Å². The zero-order valence-corrected chi connectivity index (χ0v) is 21.5. The van der Waals surface area contributed by atoms with Gasteiger partial charge < -0.3 is 33.7 Å². The third-order valence-corrected chi connectivity index (χ3v) is 5.59. The lowest BCUT2D eigenvalue weighted by molar-refractivity contribution is -0.257. The minimum Gasteiger partial charge on any atom is -0.465 e. The lowest BCUT2D eigenvalue weighted by Crippen LogP contribution is -2.67. The summed E-state index contributed by atoms with van der Waals surface area (Å²) >= 11 is 0. The Morgan fingerprint density at radius 1 is 0.868 bits per heavy atom. The van der Waals surface area contributed by atoms with Crippen molar-refractivity contribution in [3.63, 3.8) is 0 Å². The van der Waals surface area contributed by atoms with E-state index in [0.29, 0.717) is 5.39 Å². The van der Waals surface area contributed by atoms with Gasteiger partial charge in [-0.1, -0.05) is 30.3 Å². The number of hydrogen-bond acceptors (Lipinski definition) is 11. The van der Waals surface area contributed by atoms with Crippen LogP contribution in [0.15, 0.2) is 36.4 Å². The van der Waals surface area contributed by atoms with Gasteiger partial charge in [0.15, 0.2) is 12.2 Å². The van der Waals surface area contributed by atoms with Crippen LogP contribution in [0.25, 0.3) is 10.8 Å². The van der Waals surface area contributed by atoms with E-state index in [1.54, 1.807) is 30.3 Å². The molecule has 1 aliphatic heterocycles. The van der Waals surface area contributed by atoms with Crippen molar-refractivity contribution in [2.24, 2.45) is 0 Å². The fraction of sp³-hybridized carbons (Fsp3) is 0.423. The molecule has 1 N–H and O–H groups in total. The zero-order chi connectivity index (χ0) is 28.0. The van der Waals surface area contributed by atoms with Crippen LogP contribution in [0.5, 0.6) is 5.75 Å². The Bertz CT molecular complexity index is 1230. The summed E-state index contributed by atoms with van der Waals surface area (Å²) in [5.41, 5.74) is 0.0686. The Kier molecular flexibility index (Phi) is 9.24. The van der Waals surface area contributed by atoms with Gasteiger partial charge in [-0.3, -0.25) is 19.2 Å². The molecule has 3 rings (SSSR count). The lowest BCUT2D eigenvalue weighted by atomic mass is 9.95. The number of carbonyl (C=O) groups is 5. The van der Waals surface area contributed by atoms with Crippen LogP contribution in [0, 0.1) is 0 Å². The molecule has 38 heavy (non-hydrogen) atoms. The number of methoxy groups -OCH3 is 1. The molecule has 0 saturated carbocycles. The topological polar surface area (TPSA) is 153 Å². The molecule has 1 aliphatic rings. The summed E-state index contributed by atoms with van der Waals surface area (Å²) in [4.78, 5) is 60.3. The van der Waals surface area contributed by atoms with E-state index in [4.69, 9.17) is 28.4 Å². The van der Waals surface area contributed by atoms with Crippen molar-refractivity contribution in [3.8, 4) is 5.75 Å². The number of benzene rings is 2. The summed E-state index contributed by atoms with van der Waals surface area (Å²) in [6.07, 6.45) is -5.15. The zero-order valence-electron chi connectivity index (χ0n) is 21.5. The van der Waals surface area contributed by atoms with E-state index in [2.05, 4.69) is 5.32 Å². The molecule has 2 aromatic rings. The maximum Gasteiger partial charge on any atom is 0.341 e. The number of amides is 1. The van der Waals surface area contributed by atoms with Crippen molar-refractivity contribution in [1.82, 2.24) is 5.32 Å². The maximum absolute atomic E-state index is 12.6. The summed E-state index contributed by atoms with van der Waals surface area (Å²) in [6.45, 7) is 4.30. The Balaban J connectivity index is 2.15. The van der Waals surface area contributed by atoms with Gasteiger partial charge in [-0.05, 0) is 11.5 Å². The van der Waals surface area contributed by atoms with Crippen molar-refractivity contribution in [1.29, 1.82) is 0 Å². The fourth-order valence-corrected chi connectivity index (χ4v) is 4.15. The summed E-state index contributed by atoms with van der Waals surface area (Å²) in [5.74, 6) is -3.25. The molecule has 0 spiro atoms. The summed E-state index contributed by atoms with van der Waals surface area (Å²) in [5, 5.41) is 3.89. The molecular weight excluding hydrogens is 502 g/mol. The highest BCUT2D eigenvalue weighted by molar-refractivity contribution is 6.01. The van der Waals surface area contributed by atoms with Crippen LogP contribution in [-0.4, -0.2) is 74.1 Å². The van der Waals surface area contributed by atoms with E-state index in [1.165, 1.54) is 27.0 Å². The van der Waals surface area contributed by atoms with Gasteiger partial charge in [0.05, 0.1) is 7.11 Å². The molecule has 2 aromatic carbocycles. The highest BCUT2D eigenvalue weighted by atomic mass is 16.7. The quantitative estimate of drug-likeness (QED) is 0.391. The molecule has 1 heterocycles. The minimum absolute atomic E-state index is 0.0686. The summed E-state index contributed by atoms with van der Waals surface area (Å²) in [6, 6.07) is 9.08. The molecule has 0 aliphatic carbocycles. The Hall–Kier alpha value is -4.19. The van der Waals surface area contributed by atoms with Gasteiger partial charge in [0.2, 0.25) is 12.2 Å². The number of fused-ring (bicyclic) bond motifs is 1. The molecule has 12 nitrogen and oxygen atoms in total. The molecule has 0 aromatic heterocycles. The lowest BCUT2D eigenvalue weighted by Gasteiger charge is -2.45. The van der Waals surface area contributed by atoms with Gasteiger partial charge in [0.1, 0.15) is 30.1 Å². The number of ether oxygens (including phenoxy) is 6. The van der Waals surface area contributed by atoms with Crippen molar-refractivity contribution in [2.45, 2.75) is 58.3 Å². The van der Waals surface area contributed by atoms with E-state index in [-0.39, 0.29) is 11.3 Å². The Morgan fingerprint density at radius 2 is 1.53 bits per heavy atom. The van der Waals surface area contributed by atoms with Gasteiger partial charge in [-0.15, -0.1) is 0 Å². The maximum atomic E-state index is 12.6. The van der Waals surface area contributed by atoms with E-state index < -0.39 is 67.0 Å². The first kappa shape index (κ1) is 28.4. The highest BCUT2D eigenvalue weighted by Crippen LogP contribution is 2.35. The van der Waals surface area contributed by atoms with Crippen LogP contribution in [0.4, 0.5) is 0 Å². The molecule has 5 atom stereocenters. The van der Waals surface area contributed by atoms with Crippen molar-refractivity contribution < 1.29 is 52.4 Å². The standard InChI is InChI=1S/C26H29NO11/c1-13(28)27-21-24(36-16(4)31)23(35-15(3)30)20(12-34-14(2)29)37-26(21)38-22-18-9-7-6-8-17(18)10-11-19(22)25(32)33-5/h6-11,20-21,23-24,26H,12H2,1-5H3,(H,27,28)/t20-,21-,23-,24+,26+/m1/s1. The van der Waals surface area contributed by atoms with Crippen LogP contribution < -0.4 is 10.1 Å². The first-order valence-corrected chi connectivity index (χ1v) is 11.7. The van der Waals surface area contributed by atoms with Gasteiger partial charge >= 0.3 is 23.9 Å². The Morgan fingerprint density at radius 3 is 2.13 bits per heavy atom. The monoisotopic (exact) mass is 531 g/mol. The van der Waals surface area contributed by atoms with Gasteiger partial charge in [-0.25, -0.2) is 4.79 Å². The van der Waals surface area contributed by atoms with Crippen LogP contribution in [0.1, 0.15) is 38.1 Å². The molecular formula is C26H29NO11. The molecule has 12 heteroatoms. The second kappa shape index (κ2) is 12.4. The third-order valence-electron chi connectivity index (χ3n) is 5.59. The van der Waals surface area contributed by atoms with Crippen LogP contribution >= 0.6 is 0 Å². The largest absolute Gasteiger partial charge is 0.465 e.